The lowest BCUT2D eigenvalue weighted by atomic mass is 10.1. The predicted octanol–water partition coefficient (Wildman–Crippen LogP) is -3.77. The number of primary amides is 1. The Morgan fingerprint density at radius 2 is 1.39 bits per heavy atom. The minimum absolute atomic E-state index is 0.00566. The number of unbranched alkanes of at least 4 members (excludes halogenated alkanes) is 1. The van der Waals surface area contributed by atoms with Crippen molar-refractivity contribution in [2.45, 2.75) is 69.1 Å². The number of carbonyl (C=O) groups is 5. The van der Waals surface area contributed by atoms with Crippen molar-refractivity contribution in [1.82, 2.24) is 16.0 Å². The number of carbonyl (C=O) groups excluding carboxylic acids is 4. The maximum atomic E-state index is 12.8. The first-order valence-corrected chi connectivity index (χ1v) is 12.1. The average Bonchev–Trinajstić information content (AvgIpc) is 2.81. The highest BCUT2D eigenvalue weighted by Gasteiger charge is 2.30. The number of nitrogens with two attached hydrogens (primary N) is 5. The van der Waals surface area contributed by atoms with E-state index in [1.807, 2.05) is 0 Å². The van der Waals surface area contributed by atoms with Crippen LogP contribution in [0.3, 0.4) is 0 Å². The van der Waals surface area contributed by atoms with Gasteiger partial charge in [-0.05, 0) is 38.6 Å². The van der Waals surface area contributed by atoms with Gasteiger partial charge in [0.1, 0.15) is 18.1 Å². The van der Waals surface area contributed by atoms with Gasteiger partial charge in [0.15, 0.2) is 5.96 Å². The van der Waals surface area contributed by atoms with Gasteiger partial charge in [-0.25, -0.2) is 4.79 Å². The van der Waals surface area contributed by atoms with Crippen LogP contribution in [0.1, 0.15) is 44.9 Å². The zero-order chi connectivity index (χ0) is 27.7. The van der Waals surface area contributed by atoms with Crippen LogP contribution in [0.2, 0.25) is 0 Å². The number of hydrogen-bond acceptors (Lipinski definition) is 9. The molecule has 0 aromatic carbocycles. The third-order valence-electron chi connectivity index (χ3n) is 4.99. The SMILES string of the molecule is NCCCCC(N)C(=O)NC(CS)C(=O)NC(CCC(N)=O)C(=O)NC(CCCN=C(N)N)C(=O)O. The Morgan fingerprint density at radius 3 is 1.92 bits per heavy atom. The highest BCUT2D eigenvalue weighted by molar-refractivity contribution is 7.80. The van der Waals surface area contributed by atoms with E-state index in [0.717, 1.165) is 0 Å². The smallest absolute Gasteiger partial charge is 0.326 e. The standard InChI is InChI=1S/C20H39N9O6S/c21-8-2-1-4-11(22)16(31)29-14(10-36)18(33)27-12(6-7-15(23)30)17(32)28-13(19(34)35)5-3-9-26-20(24)25/h11-14,36H,1-10,21-22H2,(H2,23,30)(H,27,33)(H,28,32)(H,29,31)(H,34,35)(H4,24,25,26). The van der Waals surface area contributed by atoms with Gasteiger partial charge in [-0.15, -0.1) is 0 Å². The van der Waals surface area contributed by atoms with E-state index in [-0.39, 0.29) is 43.9 Å². The fraction of sp³-hybridized carbons (Fsp3) is 0.700. The molecule has 0 spiro atoms. The number of nitrogens with one attached hydrogen (secondary N) is 3. The summed E-state index contributed by atoms with van der Waals surface area (Å²) in [4.78, 5) is 64.4. The van der Waals surface area contributed by atoms with Crippen LogP contribution < -0.4 is 44.6 Å². The summed E-state index contributed by atoms with van der Waals surface area (Å²) in [5.74, 6) is -4.49. The Kier molecular flexibility index (Phi) is 16.6. The summed E-state index contributed by atoms with van der Waals surface area (Å²) in [6, 6.07) is -4.61. The summed E-state index contributed by atoms with van der Waals surface area (Å²) in [6.07, 6.45) is 1.50. The lowest BCUT2D eigenvalue weighted by Crippen LogP contribution is -2.57. The molecule has 0 radical (unpaired) electrons. The Morgan fingerprint density at radius 1 is 0.806 bits per heavy atom. The molecule has 4 unspecified atom stereocenters. The molecular formula is C20H39N9O6S. The molecule has 4 atom stereocenters. The highest BCUT2D eigenvalue weighted by atomic mass is 32.1. The molecule has 0 heterocycles. The number of carboxylic acid groups (broad SMARTS) is 1. The van der Waals surface area contributed by atoms with Crippen molar-refractivity contribution in [3.05, 3.63) is 0 Å². The zero-order valence-corrected chi connectivity index (χ0v) is 21.0. The number of guanidine groups is 1. The van der Waals surface area contributed by atoms with Crippen LogP contribution in [0.25, 0.3) is 0 Å². The molecule has 16 heteroatoms. The Hall–Kier alpha value is -3.11. The Labute approximate surface area is 215 Å². The van der Waals surface area contributed by atoms with Gasteiger partial charge in [-0.3, -0.25) is 24.2 Å². The molecule has 36 heavy (non-hydrogen) atoms. The van der Waals surface area contributed by atoms with Gasteiger partial charge in [-0.1, -0.05) is 6.42 Å². The van der Waals surface area contributed by atoms with Crippen molar-refractivity contribution in [3.8, 4) is 0 Å². The van der Waals surface area contributed by atoms with Gasteiger partial charge >= 0.3 is 5.97 Å². The summed E-state index contributed by atoms with van der Waals surface area (Å²) in [7, 11) is 0. The third-order valence-corrected chi connectivity index (χ3v) is 5.36. The van der Waals surface area contributed by atoms with Crippen LogP contribution in [0.15, 0.2) is 4.99 Å². The number of aliphatic carboxylic acids is 1. The number of rotatable bonds is 19. The fourth-order valence-corrected chi connectivity index (χ4v) is 3.23. The van der Waals surface area contributed by atoms with Crippen molar-refractivity contribution in [2.75, 3.05) is 18.8 Å². The van der Waals surface area contributed by atoms with Crippen LogP contribution in [-0.2, 0) is 24.0 Å². The first-order valence-electron chi connectivity index (χ1n) is 11.5. The van der Waals surface area contributed by atoms with E-state index in [2.05, 4.69) is 33.6 Å². The molecule has 0 aliphatic rings. The van der Waals surface area contributed by atoms with Crippen molar-refractivity contribution in [1.29, 1.82) is 0 Å². The normalized spacial score (nSPS) is 14.0. The van der Waals surface area contributed by atoms with Crippen molar-refractivity contribution < 1.29 is 29.1 Å². The Balaban J connectivity index is 5.26. The lowest BCUT2D eigenvalue weighted by molar-refractivity contribution is -0.142. The fourth-order valence-electron chi connectivity index (χ4n) is 2.97. The maximum Gasteiger partial charge on any atom is 0.326 e. The minimum atomic E-state index is -1.31. The van der Waals surface area contributed by atoms with Crippen LogP contribution in [-0.4, -0.2) is 83.7 Å². The maximum absolute atomic E-state index is 12.8. The molecule has 0 aliphatic carbocycles. The van der Waals surface area contributed by atoms with Crippen LogP contribution in [0.5, 0.6) is 0 Å². The molecular weight excluding hydrogens is 494 g/mol. The number of aliphatic imine (C=N–C) groups is 1. The summed E-state index contributed by atoms with van der Waals surface area (Å²) >= 11 is 4.07. The summed E-state index contributed by atoms with van der Waals surface area (Å²) in [5.41, 5.74) is 26.9. The van der Waals surface area contributed by atoms with E-state index in [9.17, 15) is 29.1 Å². The number of amides is 4. The molecule has 0 fully saturated rings. The van der Waals surface area contributed by atoms with Crippen molar-refractivity contribution >= 4 is 48.2 Å². The molecule has 0 rings (SSSR count). The molecule has 4 amide bonds. The highest BCUT2D eigenvalue weighted by Crippen LogP contribution is 2.05. The van der Waals surface area contributed by atoms with E-state index in [1.54, 1.807) is 0 Å². The van der Waals surface area contributed by atoms with Crippen LogP contribution in [0, 0.1) is 0 Å². The van der Waals surface area contributed by atoms with Crippen LogP contribution >= 0.6 is 12.6 Å². The van der Waals surface area contributed by atoms with E-state index < -0.39 is 53.8 Å². The van der Waals surface area contributed by atoms with Crippen molar-refractivity contribution in [2.24, 2.45) is 33.7 Å². The van der Waals surface area contributed by atoms with E-state index >= 15 is 0 Å². The molecule has 0 saturated heterocycles. The van der Waals surface area contributed by atoms with Gasteiger partial charge in [0, 0.05) is 18.7 Å². The largest absolute Gasteiger partial charge is 0.480 e. The quantitative estimate of drug-likeness (QED) is 0.0334. The van der Waals surface area contributed by atoms with Gasteiger partial charge in [-0.2, -0.15) is 12.6 Å². The number of carboxylic acids is 1. The molecule has 0 aromatic heterocycles. The first kappa shape index (κ1) is 32.9. The molecule has 206 valence electrons. The second-order valence-corrected chi connectivity index (χ2v) is 8.41. The van der Waals surface area contributed by atoms with Gasteiger partial charge in [0.2, 0.25) is 23.6 Å². The minimum Gasteiger partial charge on any atom is -0.480 e. The van der Waals surface area contributed by atoms with Crippen molar-refractivity contribution in [3.63, 3.8) is 0 Å². The topological polar surface area (TPSA) is 284 Å². The summed E-state index contributed by atoms with van der Waals surface area (Å²) < 4.78 is 0. The van der Waals surface area contributed by atoms with Gasteiger partial charge in [0.25, 0.3) is 0 Å². The number of thiol groups is 1. The monoisotopic (exact) mass is 533 g/mol. The first-order chi connectivity index (χ1) is 16.9. The zero-order valence-electron chi connectivity index (χ0n) is 20.2. The van der Waals surface area contributed by atoms with E-state index in [4.69, 9.17) is 28.7 Å². The van der Waals surface area contributed by atoms with Gasteiger partial charge in [0.05, 0.1) is 6.04 Å². The predicted molar refractivity (Wildman–Crippen MR) is 137 cm³/mol. The number of hydrogen-bond donors (Lipinski definition) is 10. The second-order valence-electron chi connectivity index (χ2n) is 8.05. The molecule has 0 aromatic rings. The van der Waals surface area contributed by atoms with E-state index in [1.165, 1.54) is 0 Å². The molecule has 0 bridgehead atoms. The lowest BCUT2D eigenvalue weighted by Gasteiger charge is -2.24. The molecule has 14 N–H and O–H groups in total. The third kappa shape index (κ3) is 14.3. The molecule has 0 aliphatic heterocycles. The average molecular weight is 534 g/mol. The molecule has 0 saturated carbocycles. The second kappa shape index (κ2) is 18.2. The summed E-state index contributed by atoms with van der Waals surface area (Å²) in [5, 5.41) is 16.6. The van der Waals surface area contributed by atoms with E-state index in [0.29, 0.717) is 25.8 Å². The summed E-state index contributed by atoms with van der Waals surface area (Å²) in [6.45, 7) is 0.616. The molecule has 15 nitrogen and oxygen atoms in total. The van der Waals surface area contributed by atoms with Gasteiger partial charge < -0.3 is 49.7 Å². The number of nitrogens with zero attached hydrogens (tertiary/aromatic N) is 1. The van der Waals surface area contributed by atoms with Crippen LogP contribution in [0.4, 0.5) is 0 Å². The Bertz CT molecular complexity index is 779.